The molecule has 5 heteroatoms. The van der Waals surface area contributed by atoms with E-state index in [1.807, 2.05) is 0 Å². The van der Waals surface area contributed by atoms with Crippen LogP contribution in [-0.2, 0) is 17.4 Å². The van der Waals surface area contributed by atoms with Crippen LogP contribution in [0.15, 0.2) is 54.1 Å². The zero-order valence-electron chi connectivity index (χ0n) is 13.9. The first kappa shape index (κ1) is 18.9. The lowest BCUT2D eigenvalue weighted by Crippen LogP contribution is -2.12. The van der Waals surface area contributed by atoms with Crippen LogP contribution in [-0.4, -0.2) is 5.78 Å². The average Bonchev–Trinajstić information content (AvgIpc) is 2.55. The molecule has 0 fully saturated rings. The Bertz CT molecular complexity index is 754. The second-order valence-electron chi connectivity index (χ2n) is 6.11. The Hall–Kier alpha value is -2.43. The highest BCUT2D eigenvalue weighted by Crippen LogP contribution is 2.29. The van der Waals surface area contributed by atoms with Crippen molar-refractivity contribution in [2.24, 2.45) is 5.92 Å². The fourth-order valence-electron chi connectivity index (χ4n) is 2.37. The van der Waals surface area contributed by atoms with Crippen molar-refractivity contribution in [3.05, 3.63) is 76.6 Å². The normalized spacial score (nSPS) is 12.5. The first-order valence-corrected chi connectivity index (χ1v) is 7.83. The van der Waals surface area contributed by atoms with E-state index >= 15 is 0 Å². The molecule has 1 nitrogen and oxygen atoms in total. The van der Waals surface area contributed by atoms with Crippen LogP contribution < -0.4 is 0 Å². The lowest BCUT2D eigenvalue weighted by molar-refractivity contribution is -0.137. The standard InChI is InChI=1S/C20H18F4O/c1-13(2)19(25)16(12-15-5-9-18(21)10-6-15)11-14-3-7-17(8-4-14)20(22,23)24/h3-10,12-13H,11H2,1-2H3/b16-12+. The molecular weight excluding hydrogens is 332 g/mol. The molecular formula is C20H18F4O. The van der Waals surface area contributed by atoms with Crippen molar-refractivity contribution in [1.82, 2.24) is 0 Å². The highest BCUT2D eigenvalue weighted by Gasteiger charge is 2.30. The number of carbonyl (C=O) groups excluding carboxylic acids is 1. The Morgan fingerprint density at radius 2 is 1.56 bits per heavy atom. The SMILES string of the molecule is CC(C)C(=O)/C(=C/c1ccc(F)cc1)Cc1ccc(C(F)(F)F)cc1. The second kappa shape index (κ2) is 7.64. The van der Waals surface area contributed by atoms with Crippen LogP contribution in [0.2, 0.25) is 0 Å². The summed E-state index contributed by atoms with van der Waals surface area (Å²) in [5.74, 6) is -0.720. The number of ketones is 1. The Morgan fingerprint density at radius 3 is 2.04 bits per heavy atom. The average molecular weight is 350 g/mol. The lowest BCUT2D eigenvalue weighted by Gasteiger charge is -2.11. The van der Waals surface area contributed by atoms with E-state index in [1.54, 1.807) is 32.1 Å². The van der Waals surface area contributed by atoms with Gasteiger partial charge in [0.1, 0.15) is 5.82 Å². The van der Waals surface area contributed by atoms with Crippen LogP contribution >= 0.6 is 0 Å². The van der Waals surface area contributed by atoms with Crippen molar-refractivity contribution in [2.45, 2.75) is 26.4 Å². The molecule has 25 heavy (non-hydrogen) atoms. The summed E-state index contributed by atoms with van der Waals surface area (Å²) in [5, 5.41) is 0. The number of Topliss-reactive ketones (excluding diaryl/α,β-unsaturated/α-hetero) is 1. The van der Waals surface area contributed by atoms with Gasteiger partial charge in [-0.2, -0.15) is 13.2 Å². The summed E-state index contributed by atoms with van der Waals surface area (Å²) in [6.45, 7) is 3.52. The van der Waals surface area contributed by atoms with Gasteiger partial charge in [-0.05, 0) is 41.5 Å². The number of hydrogen-bond acceptors (Lipinski definition) is 1. The van der Waals surface area contributed by atoms with Gasteiger partial charge in [0.2, 0.25) is 0 Å². The molecule has 0 heterocycles. The molecule has 0 radical (unpaired) electrons. The van der Waals surface area contributed by atoms with Gasteiger partial charge in [0.25, 0.3) is 0 Å². The first-order chi connectivity index (χ1) is 11.7. The maximum absolute atomic E-state index is 13.0. The third-order valence-electron chi connectivity index (χ3n) is 3.73. The molecule has 0 N–H and O–H groups in total. The summed E-state index contributed by atoms with van der Waals surface area (Å²) < 4.78 is 50.9. The van der Waals surface area contributed by atoms with Gasteiger partial charge in [0, 0.05) is 17.9 Å². The molecule has 0 saturated carbocycles. The van der Waals surface area contributed by atoms with E-state index in [0.29, 0.717) is 16.7 Å². The van der Waals surface area contributed by atoms with E-state index in [0.717, 1.165) is 12.1 Å². The van der Waals surface area contributed by atoms with Crippen LogP contribution in [0.25, 0.3) is 6.08 Å². The van der Waals surface area contributed by atoms with Crippen LogP contribution in [0.5, 0.6) is 0 Å². The Morgan fingerprint density at radius 1 is 1.00 bits per heavy atom. The van der Waals surface area contributed by atoms with Gasteiger partial charge in [0.15, 0.2) is 5.78 Å². The summed E-state index contributed by atoms with van der Waals surface area (Å²) in [6.07, 6.45) is -2.52. The first-order valence-electron chi connectivity index (χ1n) is 7.83. The predicted octanol–water partition coefficient (Wildman–Crippen LogP) is 5.70. The Kier molecular flexibility index (Phi) is 5.77. The van der Waals surface area contributed by atoms with Gasteiger partial charge < -0.3 is 0 Å². The molecule has 0 aliphatic rings. The summed E-state index contributed by atoms with van der Waals surface area (Å²) in [4.78, 5) is 12.4. The van der Waals surface area contributed by atoms with Gasteiger partial charge in [-0.1, -0.05) is 38.1 Å². The lowest BCUT2D eigenvalue weighted by atomic mass is 9.93. The summed E-state index contributed by atoms with van der Waals surface area (Å²) in [6, 6.07) is 10.4. The highest BCUT2D eigenvalue weighted by atomic mass is 19.4. The largest absolute Gasteiger partial charge is 0.416 e. The van der Waals surface area contributed by atoms with Gasteiger partial charge >= 0.3 is 6.18 Å². The number of rotatable bonds is 5. The maximum Gasteiger partial charge on any atom is 0.416 e. The van der Waals surface area contributed by atoms with Crippen LogP contribution in [0.3, 0.4) is 0 Å². The molecule has 0 unspecified atom stereocenters. The Labute approximate surface area is 144 Å². The third-order valence-corrected chi connectivity index (χ3v) is 3.73. The van der Waals surface area contributed by atoms with Crippen molar-refractivity contribution in [1.29, 1.82) is 0 Å². The van der Waals surface area contributed by atoms with E-state index in [-0.39, 0.29) is 23.9 Å². The number of benzene rings is 2. The summed E-state index contributed by atoms with van der Waals surface area (Å²) in [7, 11) is 0. The topological polar surface area (TPSA) is 17.1 Å². The van der Waals surface area contributed by atoms with Crippen molar-refractivity contribution in [2.75, 3.05) is 0 Å². The maximum atomic E-state index is 13.0. The molecule has 0 bridgehead atoms. The van der Waals surface area contributed by atoms with Crippen molar-refractivity contribution in [3.8, 4) is 0 Å². The zero-order valence-corrected chi connectivity index (χ0v) is 13.9. The monoisotopic (exact) mass is 350 g/mol. The minimum Gasteiger partial charge on any atom is -0.294 e. The van der Waals surface area contributed by atoms with Crippen LogP contribution in [0, 0.1) is 11.7 Å². The molecule has 0 aliphatic heterocycles. The van der Waals surface area contributed by atoms with Crippen molar-refractivity contribution < 1.29 is 22.4 Å². The van der Waals surface area contributed by atoms with E-state index < -0.39 is 11.7 Å². The van der Waals surface area contributed by atoms with Gasteiger partial charge in [-0.3, -0.25) is 4.79 Å². The molecule has 0 amide bonds. The van der Waals surface area contributed by atoms with Crippen LogP contribution in [0.4, 0.5) is 17.6 Å². The van der Waals surface area contributed by atoms with E-state index in [9.17, 15) is 22.4 Å². The Balaban J connectivity index is 2.30. The third kappa shape index (κ3) is 5.28. The molecule has 0 spiro atoms. The molecule has 0 atom stereocenters. The fraction of sp³-hybridized carbons (Fsp3) is 0.250. The van der Waals surface area contributed by atoms with E-state index in [1.165, 1.54) is 24.3 Å². The number of halogens is 4. The molecule has 2 aromatic carbocycles. The molecule has 132 valence electrons. The molecule has 2 rings (SSSR count). The molecule has 0 aromatic heterocycles. The van der Waals surface area contributed by atoms with Crippen molar-refractivity contribution >= 4 is 11.9 Å². The molecule has 0 aliphatic carbocycles. The molecule has 2 aromatic rings. The fourth-order valence-corrected chi connectivity index (χ4v) is 2.37. The van der Waals surface area contributed by atoms with Crippen molar-refractivity contribution in [3.63, 3.8) is 0 Å². The highest BCUT2D eigenvalue weighted by molar-refractivity contribution is 6.01. The van der Waals surface area contributed by atoms with Gasteiger partial charge in [-0.25, -0.2) is 4.39 Å². The number of alkyl halides is 3. The zero-order chi connectivity index (χ0) is 18.6. The second-order valence-corrected chi connectivity index (χ2v) is 6.11. The van der Waals surface area contributed by atoms with Gasteiger partial charge in [-0.15, -0.1) is 0 Å². The predicted molar refractivity (Wildman–Crippen MR) is 89.4 cm³/mol. The van der Waals surface area contributed by atoms with E-state index in [4.69, 9.17) is 0 Å². The number of allylic oxidation sites excluding steroid dienone is 1. The smallest absolute Gasteiger partial charge is 0.294 e. The molecule has 0 saturated heterocycles. The quantitative estimate of drug-likeness (QED) is 0.500. The number of hydrogen-bond donors (Lipinski definition) is 0. The van der Waals surface area contributed by atoms with Gasteiger partial charge in [0.05, 0.1) is 5.56 Å². The van der Waals surface area contributed by atoms with Crippen LogP contribution in [0.1, 0.15) is 30.5 Å². The summed E-state index contributed by atoms with van der Waals surface area (Å²) in [5.41, 5.74) is 1.02. The summed E-state index contributed by atoms with van der Waals surface area (Å²) >= 11 is 0. The van der Waals surface area contributed by atoms with E-state index in [2.05, 4.69) is 0 Å². The minimum atomic E-state index is -4.39. The minimum absolute atomic E-state index is 0.0933. The number of carbonyl (C=O) groups is 1.